The lowest BCUT2D eigenvalue weighted by Gasteiger charge is -2.07. The van der Waals surface area contributed by atoms with Gasteiger partial charge in [-0.25, -0.2) is 4.99 Å². The van der Waals surface area contributed by atoms with Crippen molar-refractivity contribution in [1.82, 2.24) is 4.90 Å². The van der Waals surface area contributed by atoms with Crippen molar-refractivity contribution in [3.63, 3.8) is 0 Å². The molecule has 23 heavy (non-hydrogen) atoms. The number of amides is 1. The molecule has 2 aromatic rings. The van der Waals surface area contributed by atoms with Crippen molar-refractivity contribution >= 4 is 34.6 Å². The number of carbonyl (C=O) groups excluding carboxylic acids is 1. The number of amidine groups is 1. The molecule has 4 nitrogen and oxygen atoms in total. The molecular formula is C18H16N2O2S. The lowest BCUT2D eigenvalue weighted by atomic mass is 10.1. The first-order valence-electron chi connectivity index (χ1n) is 7.15. The number of likely N-dealkylation sites (N-methyl/N-ethyl adjacent to an activating group) is 1. The van der Waals surface area contributed by atoms with Gasteiger partial charge in [0, 0.05) is 7.05 Å². The van der Waals surface area contributed by atoms with E-state index in [0.29, 0.717) is 15.8 Å². The highest BCUT2D eigenvalue weighted by molar-refractivity contribution is 8.18. The Bertz CT molecular complexity index is 810. The Morgan fingerprint density at radius 1 is 1.13 bits per heavy atom. The molecule has 2 aromatic carbocycles. The van der Waals surface area contributed by atoms with Gasteiger partial charge in [0.2, 0.25) is 0 Å². The summed E-state index contributed by atoms with van der Waals surface area (Å²) < 4.78 is 0. The number of rotatable bonds is 2. The first kappa shape index (κ1) is 15.4. The van der Waals surface area contributed by atoms with Crippen molar-refractivity contribution in [3.8, 4) is 5.75 Å². The number of benzene rings is 2. The van der Waals surface area contributed by atoms with E-state index in [1.165, 1.54) is 11.8 Å². The van der Waals surface area contributed by atoms with Gasteiger partial charge in [-0.15, -0.1) is 0 Å². The zero-order valence-corrected chi connectivity index (χ0v) is 13.7. The topological polar surface area (TPSA) is 52.9 Å². The first-order valence-corrected chi connectivity index (χ1v) is 7.97. The molecule has 0 aliphatic carbocycles. The molecule has 0 radical (unpaired) electrons. The van der Waals surface area contributed by atoms with Gasteiger partial charge in [0.25, 0.3) is 5.91 Å². The molecule has 1 aliphatic rings. The second kappa shape index (κ2) is 6.30. The average Bonchev–Trinajstić information content (AvgIpc) is 2.80. The minimum atomic E-state index is -0.0595. The van der Waals surface area contributed by atoms with Crippen LogP contribution in [0.4, 0.5) is 5.69 Å². The Balaban J connectivity index is 1.91. The smallest absolute Gasteiger partial charge is 0.266 e. The highest BCUT2D eigenvalue weighted by Gasteiger charge is 2.30. The van der Waals surface area contributed by atoms with Gasteiger partial charge in [0.1, 0.15) is 5.75 Å². The fourth-order valence-electron chi connectivity index (χ4n) is 2.18. The monoisotopic (exact) mass is 324 g/mol. The maximum absolute atomic E-state index is 12.4. The standard InChI is InChI=1S/C18H16N2O2S/c1-12-5-3-4-6-13(12)11-16-17(22)20(2)18(23-16)19-14-7-9-15(21)10-8-14/h3-11,21H,1-2H3/b16-11-,19-18?. The van der Waals surface area contributed by atoms with E-state index in [2.05, 4.69) is 4.99 Å². The summed E-state index contributed by atoms with van der Waals surface area (Å²) in [5, 5.41) is 9.94. The van der Waals surface area contributed by atoms with E-state index in [-0.39, 0.29) is 11.7 Å². The summed E-state index contributed by atoms with van der Waals surface area (Å²) in [6.07, 6.45) is 1.90. The van der Waals surface area contributed by atoms with Gasteiger partial charge in [-0.1, -0.05) is 24.3 Å². The number of carbonyl (C=O) groups is 1. The van der Waals surface area contributed by atoms with Crippen LogP contribution in [-0.4, -0.2) is 28.1 Å². The van der Waals surface area contributed by atoms with Crippen LogP contribution in [0.5, 0.6) is 5.75 Å². The number of thioether (sulfide) groups is 1. The first-order chi connectivity index (χ1) is 11.0. The number of hydrogen-bond donors (Lipinski definition) is 1. The molecule has 5 heteroatoms. The molecule has 0 aromatic heterocycles. The number of aliphatic imine (C=N–C) groups is 1. The third-order valence-corrected chi connectivity index (χ3v) is 4.61. The normalized spacial score (nSPS) is 18.2. The number of nitrogens with zero attached hydrogens (tertiary/aromatic N) is 2. The maximum Gasteiger partial charge on any atom is 0.266 e. The van der Waals surface area contributed by atoms with Crippen molar-refractivity contribution in [2.24, 2.45) is 4.99 Å². The van der Waals surface area contributed by atoms with Crippen LogP contribution in [0.3, 0.4) is 0 Å². The van der Waals surface area contributed by atoms with E-state index in [9.17, 15) is 9.90 Å². The summed E-state index contributed by atoms with van der Waals surface area (Å²) in [6.45, 7) is 2.02. The molecule has 1 saturated heterocycles. The highest BCUT2D eigenvalue weighted by atomic mass is 32.2. The van der Waals surface area contributed by atoms with Crippen LogP contribution in [0, 0.1) is 6.92 Å². The van der Waals surface area contributed by atoms with Crippen LogP contribution >= 0.6 is 11.8 Å². The van der Waals surface area contributed by atoms with E-state index in [4.69, 9.17) is 0 Å². The third-order valence-electron chi connectivity index (χ3n) is 3.55. The van der Waals surface area contributed by atoms with Crippen molar-refractivity contribution in [2.45, 2.75) is 6.92 Å². The molecule has 3 rings (SSSR count). The Morgan fingerprint density at radius 2 is 1.83 bits per heavy atom. The van der Waals surface area contributed by atoms with Crippen molar-refractivity contribution in [2.75, 3.05) is 7.05 Å². The van der Waals surface area contributed by atoms with Crippen molar-refractivity contribution in [3.05, 3.63) is 64.6 Å². The van der Waals surface area contributed by atoms with Crippen LogP contribution < -0.4 is 0 Å². The Morgan fingerprint density at radius 3 is 2.52 bits per heavy atom. The van der Waals surface area contributed by atoms with E-state index >= 15 is 0 Å². The fourth-order valence-corrected chi connectivity index (χ4v) is 3.16. The van der Waals surface area contributed by atoms with Gasteiger partial charge in [-0.2, -0.15) is 0 Å². The van der Waals surface area contributed by atoms with Crippen LogP contribution in [0.25, 0.3) is 6.08 Å². The van der Waals surface area contributed by atoms with Crippen molar-refractivity contribution in [1.29, 1.82) is 0 Å². The van der Waals surface area contributed by atoms with E-state index < -0.39 is 0 Å². The number of phenols is 1. The Labute approximate surface area is 139 Å². The van der Waals surface area contributed by atoms with Crippen LogP contribution in [0.1, 0.15) is 11.1 Å². The van der Waals surface area contributed by atoms with E-state index in [1.807, 2.05) is 37.3 Å². The summed E-state index contributed by atoms with van der Waals surface area (Å²) in [6, 6.07) is 14.5. The molecule has 1 aliphatic heterocycles. The second-order valence-electron chi connectivity index (χ2n) is 5.24. The number of aryl methyl sites for hydroxylation is 1. The molecule has 1 amide bonds. The molecular weight excluding hydrogens is 308 g/mol. The lowest BCUT2D eigenvalue weighted by molar-refractivity contribution is -0.121. The molecule has 0 unspecified atom stereocenters. The van der Waals surface area contributed by atoms with Crippen LogP contribution in [-0.2, 0) is 4.79 Å². The van der Waals surface area contributed by atoms with Crippen LogP contribution in [0.15, 0.2) is 58.4 Å². The predicted octanol–water partition coefficient (Wildman–Crippen LogP) is 3.93. The number of aromatic hydroxyl groups is 1. The molecule has 0 spiro atoms. The minimum Gasteiger partial charge on any atom is -0.508 e. The highest BCUT2D eigenvalue weighted by Crippen LogP contribution is 2.33. The molecule has 1 N–H and O–H groups in total. The quantitative estimate of drug-likeness (QED) is 0.852. The zero-order chi connectivity index (χ0) is 16.4. The van der Waals surface area contributed by atoms with Gasteiger partial charge in [-0.3, -0.25) is 9.69 Å². The van der Waals surface area contributed by atoms with Gasteiger partial charge in [0.15, 0.2) is 5.17 Å². The zero-order valence-electron chi connectivity index (χ0n) is 12.9. The summed E-state index contributed by atoms with van der Waals surface area (Å²) in [5.74, 6) is 0.133. The molecule has 1 heterocycles. The predicted molar refractivity (Wildman–Crippen MR) is 94.7 cm³/mol. The van der Waals surface area contributed by atoms with Crippen LogP contribution in [0.2, 0.25) is 0 Å². The molecule has 1 fully saturated rings. The molecule has 116 valence electrons. The molecule has 0 saturated carbocycles. The molecule has 0 atom stereocenters. The van der Waals surface area contributed by atoms with Gasteiger partial charge < -0.3 is 5.11 Å². The number of hydrogen-bond acceptors (Lipinski definition) is 4. The van der Waals surface area contributed by atoms with E-state index in [0.717, 1.165) is 11.1 Å². The summed E-state index contributed by atoms with van der Waals surface area (Å²) in [5.41, 5.74) is 2.85. The summed E-state index contributed by atoms with van der Waals surface area (Å²) in [4.78, 5) is 19.1. The molecule has 0 bridgehead atoms. The second-order valence-corrected chi connectivity index (χ2v) is 6.25. The summed E-state index contributed by atoms with van der Waals surface area (Å²) in [7, 11) is 1.72. The fraction of sp³-hybridized carbons (Fsp3) is 0.111. The van der Waals surface area contributed by atoms with Crippen molar-refractivity contribution < 1.29 is 9.90 Å². The van der Waals surface area contributed by atoms with E-state index in [1.54, 1.807) is 36.2 Å². The largest absolute Gasteiger partial charge is 0.508 e. The third kappa shape index (κ3) is 3.29. The Hall–Kier alpha value is -2.53. The van der Waals surface area contributed by atoms with Gasteiger partial charge in [-0.05, 0) is 60.2 Å². The summed E-state index contributed by atoms with van der Waals surface area (Å²) >= 11 is 1.35. The average molecular weight is 324 g/mol. The van der Waals surface area contributed by atoms with Gasteiger partial charge >= 0.3 is 0 Å². The maximum atomic E-state index is 12.4. The number of phenolic OH excluding ortho intramolecular Hbond substituents is 1. The Kier molecular flexibility index (Phi) is 4.21. The SMILES string of the molecule is Cc1ccccc1/C=C1\SC(=Nc2ccc(O)cc2)N(C)C1=O. The lowest BCUT2D eigenvalue weighted by Crippen LogP contribution is -2.23. The minimum absolute atomic E-state index is 0.0595. The van der Waals surface area contributed by atoms with Gasteiger partial charge in [0.05, 0.1) is 10.6 Å².